The highest BCUT2D eigenvalue weighted by molar-refractivity contribution is 5.90. The minimum Gasteiger partial charge on any atom is -0.464 e. The Morgan fingerprint density at radius 1 is 1.23 bits per heavy atom. The fourth-order valence-corrected chi connectivity index (χ4v) is 4.97. The Morgan fingerprint density at radius 3 is 2.74 bits per heavy atom. The molecule has 0 bridgehead atoms. The van der Waals surface area contributed by atoms with E-state index >= 15 is 0 Å². The number of fused-ring (bicyclic) bond motifs is 1. The van der Waals surface area contributed by atoms with Gasteiger partial charge in [-0.15, -0.1) is 0 Å². The van der Waals surface area contributed by atoms with Crippen LogP contribution in [0.5, 0.6) is 0 Å². The molecule has 170 valence electrons. The van der Waals surface area contributed by atoms with E-state index in [4.69, 9.17) is 14.1 Å². The third kappa shape index (κ3) is 5.57. The number of anilines is 1. The van der Waals surface area contributed by atoms with Gasteiger partial charge in [-0.3, -0.25) is 9.69 Å². The second-order valence-electron chi connectivity index (χ2n) is 9.07. The summed E-state index contributed by atoms with van der Waals surface area (Å²) >= 11 is 0. The molecule has 1 amide bonds. The second-order valence-corrected chi connectivity index (χ2v) is 9.07. The molecule has 4 rings (SSSR count). The van der Waals surface area contributed by atoms with Gasteiger partial charge in [-0.2, -0.15) is 0 Å². The maximum absolute atomic E-state index is 11.9. The van der Waals surface area contributed by atoms with Crippen LogP contribution in [0.2, 0.25) is 0 Å². The maximum atomic E-state index is 11.9. The summed E-state index contributed by atoms with van der Waals surface area (Å²) in [7, 11) is 1.63. The number of furan rings is 1. The monoisotopic (exact) mass is 428 g/mol. The van der Waals surface area contributed by atoms with Gasteiger partial charge in [0, 0.05) is 57.5 Å². The van der Waals surface area contributed by atoms with Crippen LogP contribution in [0.1, 0.15) is 44.1 Å². The van der Waals surface area contributed by atoms with E-state index < -0.39 is 0 Å². The number of rotatable bonds is 8. The van der Waals surface area contributed by atoms with Crippen molar-refractivity contribution in [1.29, 1.82) is 0 Å². The van der Waals surface area contributed by atoms with Crippen molar-refractivity contribution in [3.05, 3.63) is 24.1 Å². The molecule has 7 heteroatoms. The number of carbonyl (C=O) groups is 1. The van der Waals surface area contributed by atoms with Gasteiger partial charge in [0.05, 0.1) is 18.3 Å². The van der Waals surface area contributed by atoms with Gasteiger partial charge in [0.1, 0.15) is 11.4 Å². The molecule has 7 nitrogen and oxygen atoms in total. The average Bonchev–Trinajstić information content (AvgIpc) is 3.29. The topological polar surface area (TPSA) is 70.8 Å². The quantitative estimate of drug-likeness (QED) is 0.695. The predicted molar refractivity (Wildman–Crippen MR) is 122 cm³/mol. The molecule has 0 unspecified atom stereocenters. The van der Waals surface area contributed by atoms with E-state index in [-0.39, 0.29) is 5.91 Å². The number of hydrogen-bond donors (Lipinski definition) is 1. The first kappa shape index (κ1) is 22.1. The molecule has 1 N–H and O–H groups in total. The summed E-state index contributed by atoms with van der Waals surface area (Å²) in [6.07, 6.45) is 10.1. The Hall–Kier alpha value is -2.12. The number of pyridine rings is 1. The van der Waals surface area contributed by atoms with Crippen LogP contribution in [0.25, 0.3) is 11.0 Å². The van der Waals surface area contributed by atoms with Gasteiger partial charge in [0.15, 0.2) is 0 Å². The molecule has 1 saturated carbocycles. The van der Waals surface area contributed by atoms with E-state index in [1.807, 2.05) is 19.2 Å². The third-order valence-corrected chi connectivity index (χ3v) is 6.92. The van der Waals surface area contributed by atoms with Gasteiger partial charge < -0.3 is 19.4 Å². The zero-order chi connectivity index (χ0) is 21.6. The van der Waals surface area contributed by atoms with Gasteiger partial charge in [-0.25, -0.2) is 4.98 Å². The Bertz CT molecular complexity index is 852. The van der Waals surface area contributed by atoms with E-state index in [1.165, 1.54) is 25.8 Å². The van der Waals surface area contributed by atoms with Crippen molar-refractivity contribution in [2.75, 3.05) is 51.3 Å². The summed E-state index contributed by atoms with van der Waals surface area (Å²) in [6, 6.07) is 2.39. The number of ether oxygens (including phenoxy) is 1. The van der Waals surface area contributed by atoms with E-state index in [0.717, 1.165) is 67.3 Å². The van der Waals surface area contributed by atoms with Gasteiger partial charge in [0.2, 0.25) is 5.91 Å². The average molecular weight is 429 g/mol. The lowest BCUT2D eigenvalue weighted by atomic mass is 9.84. The lowest BCUT2D eigenvalue weighted by Crippen LogP contribution is -2.47. The summed E-state index contributed by atoms with van der Waals surface area (Å²) in [5.41, 5.74) is 2.05. The number of hydrogen-bond acceptors (Lipinski definition) is 6. The van der Waals surface area contributed by atoms with Crippen molar-refractivity contribution in [2.24, 2.45) is 5.92 Å². The first-order valence-electron chi connectivity index (χ1n) is 11.7. The van der Waals surface area contributed by atoms with E-state index in [9.17, 15) is 4.79 Å². The summed E-state index contributed by atoms with van der Waals surface area (Å²) in [5, 5.41) is 4.29. The highest BCUT2D eigenvalue weighted by Crippen LogP contribution is 2.30. The molecule has 0 aromatic carbocycles. The van der Waals surface area contributed by atoms with Crippen molar-refractivity contribution in [1.82, 2.24) is 15.2 Å². The lowest BCUT2D eigenvalue weighted by molar-refractivity contribution is -0.122. The van der Waals surface area contributed by atoms with Crippen molar-refractivity contribution in [3.63, 3.8) is 0 Å². The Morgan fingerprint density at radius 2 is 2.00 bits per heavy atom. The second kappa shape index (κ2) is 10.5. The van der Waals surface area contributed by atoms with E-state index in [1.54, 1.807) is 13.4 Å². The minimum absolute atomic E-state index is 0.124. The van der Waals surface area contributed by atoms with Crippen LogP contribution in [0.3, 0.4) is 0 Å². The van der Waals surface area contributed by atoms with Crippen LogP contribution in [-0.2, 0) is 9.53 Å². The standard InChI is InChI=1S/C24H36N4O3/c1-18-17-25-24(21-8-16-31-23(18)21)28-13-11-27(12-14-28)10-7-19-3-5-20(6-4-19)26-22(29)9-15-30-2/h8,16-17,19-20H,3-7,9-15H2,1-2H3,(H,26,29). The van der Waals surface area contributed by atoms with Crippen molar-refractivity contribution in [3.8, 4) is 0 Å². The summed E-state index contributed by atoms with van der Waals surface area (Å²) < 4.78 is 10.6. The number of methoxy groups -OCH3 is 1. The van der Waals surface area contributed by atoms with Gasteiger partial charge in [-0.05, 0) is 57.6 Å². The lowest BCUT2D eigenvalue weighted by Gasteiger charge is -2.37. The number of nitrogens with one attached hydrogen (secondary N) is 1. The molecule has 31 heavy (non-hydrogen) atoms. The molecule has 1 saturated heterocycles. The normalized spacial score (nSPS) is 22.7. The van der Waals surface area contributed by atoms with Crippen molar-refractivity contribution >= 4 is 22.7 Å². The van der Waals surface area contributed by atoms with Crippen molar-refractivity contribution < 1.29 is 13.9 Å². The number of piperazine rings is 1. The Kier molecular flexibility index (Phi) is 7.45. The summed E-state index contributed by atoms with van der Waals surface area (Å²) in [6.45, 7) is 7.91. The van der Waals surface area contributed by atoms with E-state index in [0.29, 0.717) is 19.1 Å². The van der Waals surface area contributed by atoms with Gasteiger partial charge in [0.25, 0.3) is 0 Å². The van der Waals surface area contributed by atoms with Gasteiger partial charge in [-0.1, -0.05) is 0 Å². The third-order valence-electron chi connectivity index (χ3n) is 6.92. The molecule has 2 aromatic rings. The Balaban J connectivity index is 1.17. The number of aromatic nitrogens is 1. The van der Waals surface area contributed by atoms with Crippen LogP contribution in [0.15, 0.2) is 22.9 Å². The molecular formula is C24H36N4O3. The first-order valence-corrected chi connectivity index (χ1v) is 11.7. The smallest absolute Gasteiger partial charge is 0.222 e. The number of amides is 1. The van der Waals surface area contributed by atoms with E-state index in [2.05, 4.69) is 15.1 Å². The van der Waals surface area contributed by atoms with Crippen LogP contribution in [0, 0.1) is 12.8 Å². The SMILES string of the molecule is COCCC(=O)NC1CCC(CCN2CCN(c3ncc(C)c4occc34)CC2)CC1. The van der Waals surface area contributed by atoms with Crippen LogP contribution >= 0.6 is 0 Å². The molecule has 1 aliphatic heterocycles. The molecule has 2 aliphatic rings. The molecule has 2 fully saturated rings. The summed E-state index contributed by atoms with van der Waals surface area (Å²) in [5.74, 6) is 1.97. The summed E-state index contributed by atoms with van der Waals surface area (Å²) in [4.78, 5) is 21.6. The molecule has 2 aromatic heterocycles. The molecule has 1 aliphatic carbocycles. The van der Waals surface area contributed by atoms with Crippen LogP contribution in [0.4, 0.5) is 5.82 Å². The van der Waals surface area contributed by atoms with Gasteiger partial charge >= 0.3 is 0 Å². The fraction of sp³-hybridized carbons (Fsp3) is 0.667. The fourth-order valence-electron chi connectivity index (χ4n) is 4.97. The highest BCUT2D eigenvalue weighted by atomic mass is 16.5. The molecular weight excluding hydrogens is 392 g/mol. The molecule has 3 heterocycles. The zero-order valence-electron chi connectivity index (χ0n) is 18.9. The largest absolute Gasteiger partial charge is 0.464 e. The number of nitrogens with zero attached hydrogens (tertiary/aromatic N) is 3. The highest BCUT2D eigenvalue weighted by Gasteiger charge is 2.25. The first-order chi connectivity index (χ1) is 15.1. The van der Waals surface area contributed by atoms with Crippen LogP contribution < -0.4 is 10.2 Å². The molecule has 0 atom stereocenters. The minimum atomic E-state index is 0.124. The number of carbonyl (C=O) groups excluding carboxylic acids is 1. The van der Waals surface area contributed by atoms with Crippen molar-refractivity contribution in [2.45, 2.75) is 51.5 Å². The molecule has 0 radical (unpaired) electrons. The zero-order valence-corrected chi connectivity index (χ0v) is 18.9. The van der Waals surface area contributed by atoms with Crippen LogP contribution in [-0.4, -0.2) is 68.3 Å². The maximum Gasteiger partial charge on any atom is 0.222 e. The number of aryl methyl sites for hydroxylation is 1. The molecule has 0 spiro atoms. The predicted octanol–water partition coefficient (Wildman–Crippen LogP) is 3.36. The Labute approximate surface area is 185 Å².